The lowest BCUT2D eigenvalue weighted by Gasteiger charge is -2.13. The minimum absolute atomic E-state index is 0.0104. The van der Waals surface area contributed by atoms with Crippen molar-refractivity contribution in [2.75, 3.05) is 0 Å². The van der Waals surface area contributed by atoms with Gasteiger partial charge in [0.25, 0.3) is 0 Å². The molecule has 0 spiro atoms. The average Bonchev–Trinajstić information content (AvgIpc) is 2.63. The number of rotatable bonds is 2. The number of para-hydroxylation sites is 1. The smallest absolute Gasteiger partial charge is 0.117 e. The predicted molar refractivity (Wildman–Crippen MR) is 57.3 cm³/mol. The number of nitrogens with one attached hydrogen (secondary N) is 1. The zero-order valence-electron chi connectivity index (χ0n) is 8.16. The number of H-pyrrole nitrogens is 1. The summed E-state index contributed by atoms with van der Waals surface area (Å²) in [6, 6.07) is 5.88. The van der Waals surface area contributed by atoms with Crippen LogP contribution in [-0.2, 0) is 0 Å². The fraction of sp³-hybridized carbons (Fsp3) is 0.400. The lowest BCUT2D eigenvalue weighted by Crippen LogP contribution is -1.99. The number of hydrogen-bond acceptors (Lipinski definition) is 2. The van der Waals surface area contributed by atoms with E-state index in [9.17, 15) is 0 Å². The third-order valence-corrected chi connectivity index (χ3v) is 3.00. The van der Waals surface area contributed by atoms with Crippen LogP contribution in [0.15, 0.2) is 18.2 Å². The maximum Gasteiger partial charge on any atom is 0.117 e. The van der Waals surface area contributed by atoms with Gasteiger partial charge in [0.05, 0.1) is 5.38 Å². The SMILES string of the molecule is CC(C)C(Cl)c1cccc2n[nH]nc12. The van der Waals surface area contributed by atoms with E-state index in [1.807, 2.05) is 18.2 Å². The van der Waals surface area contributed by atoms with Crippen molar-refractivity contribution >= 4 is 22.6 Å². The Labute approximate surface area is 87.5 Å². The molecule has 2 aromatic rings. The second-order valence-corrected chi connectivity index (χ2v) is 4.15. The zero-order chi connectivity index (χ0) is 10.1. The highest BCUT2D eigenvalue weighted by Gasteiger charge is 2.16. The third kappa shape index (κ3) is 1.48. The number of hydrogen-bond donors (Lipinski definition) is 1. The summed E-state index contributed by atoms with van der Waals surface area (Å²) in [5.41, 5.74) is 2.79. The lowest BCUT2D eigenvalue weighted by molar-refractivity contribution is 0.626. The molecular formula is C10H12ClN3. The molecule has 1 aromatic carbocycles. The molecule has 14 heavy (non-hydrogen) atoms. The maximum absolute atomic E-state index is 6.30. The molecular weight excluding hydrogens is 198 g/mol. The Kier molecular flexibility index (Phi) is 2.42. The van der Waals surface area contributed by atoms with Crippen molar-refractivity contribution in [1.29, 1.82) is 0 Å². The number of halogens is 1. The van der Waals surface area contributed by atoms with Crippen molar-refractivity contribution in [3.8, 4) is 0 Å². The maximum atomic E-state index is 6.30. The fourth-order valence-corrected chi connectivity index (χ4v) is 1.65. The van der Waals surface area contributed by atoms with Gasteiger partial charge in [-0.3, -0.25) is 0 Å². The van der Waals surface area contributed by atoms with Crippen LogP contribution in [0.1, 0.15) is 24.8 Å². The van der Waals surface area contributed by atoms with Crippen molar-refractivity contribution in [1.82, 2.24) is 15.4 Å². The van der Waals surface area contributed by atoms with Gasteiger partial charge in [-0.05, 0) is 12.0 Å². The molecule has 1 unspecified atom stereocenters. The van der Waals surface area contributed by atoms with E-state index in [2.05, 4.69) is 29.3 Å². The van der Waals surface area contributed by atoms with Gasteiger partial charge < -0.3 is 0 Å². The largest absolute Gasteiger partial charge is 0.197 e. The molecule has 1 atom stereocenters. The van der Waals surface area contributed by atoms with E-state index < -0.39 is 0 Å². The lowest BCUT2D eigenvalue weighted by atomic mass is 10.0. The van der Waals surface area contributed by atoms with Gasteiger partial charge in [0.2, 0.25) is 0 Å². The summed E-state index contributed by atoms with van der Waals surface area (Å²) in [6.45, 7) is 4.19. The standard InChI is InChI=1S/C10H12ClN3/c1-6(2)9(11)7-4-3-5-8-10(7)13-14-12-8/h3-6,9H,1-2H3,(H,12,13,14). The van der Waals surface area contributed by atoms with E-state index in [4.69, 9.17) is 11.6 Å². The number of aromatic nitrogens is 3. The monoisotopic (exact) mass is 209 g/mol. The van der Waals surface area contributed by atoms with Crippen LogP contribution in [-0.4, -0.2) is 15.4 Å². The molecule has 1 aromatic heterocycles. The van der Waals surface area contributed by atoms with Gasteiger partial charge >= 0.3 is 0 Å². The van der Waals surface area contributed by atoms with Crippen LogP contribution in [0.3, 0.4) is 0 Å². The quantitative estimate of drug-likeness (QED) is 0.773. The first-order valence-electron chi connectivity index (χ1n) is 4.63. The molecule has 0 aliphatic carbocycles. The first-order valence-corrected chi connectivity index (χ1v) is 5.07. The van der Waals surface area contributed by atoms with Gasteiger partial charge in [-0.25, -0.2) is 0 Å². The van der Waals surface area contributed by atoms with Crippen LogP contribution in [0.5, 0.6) is 0 Å². The molecule has 74 valence electrons. The van der Waals surface area contributed by atoms with Crippen molar-refractivity contribution in [3.05, 3.63) is 23.8 Å². The number of fused-ring (bicyclic) bond motifs is 1. The molecule has 2 rings (SSSR count). The third-order valence-electron chi connectivity index (χ3n) is 2.26. The number of benzene rings is 1. The molecule has 0 saturated heterocycles. The van der Waals surface area contributed by atoms with Crippen molar-refractivity contribution < 1.29 is 0 Å². The van der Waals surface area contributed by atoms with Gasteiger partial charge in [-0.2, -0.15) is 15.4 Å². The topological polar surface area (TPSA) is 41.6 Å². The molecule has 0 aliphatic heterocycles. The van der Waals surface area contributed by atoms with Crippen molar-refractivity contribution in [2.45, 2.75) is 19.2 Å². The molecule has 0 bridgehead atoms. The summed E-state index contributed by atoms with van der Waals surface area (Å²) in [5, 5.41) is 10.7. The van der Waals surface area contributed by atoms with Gasteiger partial charge in [-0.1, -0.05) is 26.0 Å². The normalized spacial score (nSPS) is 13.7. The van der Waals surface area contributed by atoms with Crippen molar-refractivity contribution in [2.24, 2.45) is 5.92 Å². The highest BCUT2D eigenvalue weighted by molar-refractivity contribution is 6.21. The van der Waals surface area contributed by atoms with E-state index in [1.165, 1.54) is 0 Å². The van der Waals surface area contributed by atoms with E-state index >= 15 is 0 Å². The van der Waals surface area contributed by atoms with Crippen LogP contribution in [0.4, 0.5) is 0 Å². The molecule has 1 heterocycles. The fourth-order valence-electron chi connectivity index (χ4n) is 1.47. The predicted octanol–water partition coefficient (Wildman–Crippen LogP) is 2.89. The Balaban J connectivity index is 2.56. The molecule has 0 radical (unpaired) electrons. The summed E-state index contributed by atoms with van der Waals surface area (Å²) in [4.78, 5) is 0. The molecule has 4 heteroatoms. The van der Waals surface area contributed by atoms with Gasteiger partial charge in [0, 0.05) is 5.56 Å². The van der Waals surface area contributed by atoms with E-state index in [0.717, 1.165) is 16.6 Å². The number of aromatic amines is 1. The second-order valence-electron chi connectivity index (χ2n) is 3.68. The summed E-state index contributed by atoms with van der Waals surface area (Å²) in [5.74, 6) is 0.388. The Morgan fingerprint density at radius 1 is 1.29 bits per heavy atom. The first-order chi connectivity index (χ1) is 6.70. The summed E-state index contributed by atoms with van der Waals surface area (Å²) in [7, 11) is 0. The molecule has 0 amide bonds. The minimum Gasteiger partial charge on any atom is -0.197 e. The Morgan fingerprint density at radius 3 is 2.79 bits per heavy atom. The number of nitrogens with zero attached hydrogens (tertiary/aromatic N) is 2. The summed E-state index contributed by atoms with van der Waals surface area (Å²) in [6.07, 6.45) is 0. The second kappa shape index (κ2) is 3.58. The van der Waals surface area contributed by atoms with E-state index in [1.54, 1.807) is 0 Å². The number of alkyl halides is 1. The molecule has 0 aliphatic rings. The van der Waals surface area contributed by atoms with Crippen LogP contribution >= 0.6 is 11.6 Å². The Bertz CT molecular complexity index is 436. The van der Waals surface area contributed by atoms with Crippen molar-refractivity contribution in [3.63, 3.8) is 0 Å². The summed E-state index contributed by atoms with van der Waals surface area (Å²) >= 11 is 6.30. The van der Waals surface area contributed by atoms with Crippen LogP contribution in [0.25, 0.3) is 11.0 Å². The Morgan fingerprint density at radius 2 is 2.07 bits per heavy atom. The summed E-state index contributed by atoms with van der Waals surface area (Å²) < 4.78 is 0. The average molecular weight is 210 g/mol. The molecule has 0 fully saturated rings. The van der Waals surface area contributed by atoms with E-state index in [0.29, 0.717) is 5.92 Å². The van der Waals surface area contributed by atoms with Crippen LogP contribution < -0.4 is 0 Å². The van der Waals surface area contributed by atoms with Gasteiger partial charge in [-0.15, -0.1) is 11.6 Å². The highest BCUT2D eigenvalue weighted by Crippen LogP contribution is 2.31. The van der Waals surface area contributed by atoms with Gasteiger partial charge in [0.15, 0.2) is 0 Å². The van der Waals surface area contributed by atoms with Crippen LogP contribution in [0, 0.1) is 5.92 Å². The molecule has 0 saturated carbocycles. The highest BCUT2D eigenvalue weighted by atomic mass is 35.5. The minimum atomic E-state index is -0.0104. The van der Waals surface area contributed by atoms with Gasteiger partial charge in [0.1, 0.15) is 11.0 Å². The zero-order valence-corrected chi connectivity index (χ0v) is 8.92. The first kappa shape index (κ1) is 9.46. The Hall–Kier alpha value is -1.09. The van der Waals surface area contributed by atoms with E-state index in [-0.39, 0.29) is 5.38 Å². The molecule has 1 N–H and O–H groups in total. The molecule has 3 nitrogen and oxygen atoms in total. The van der Waals surface area contributed by atoms with Crippen LogP contribution in [0.2, 0.25) is 0 Å².